The number of amides is 1. The SMILES string of the molecule is NCC1CCC(CNC(=O)c2cc(-c3ccccc3)nc3ccccc23)CC1. The van der Waals surface area contributed by atoms with Gasteiger partial charge in [-0.05, 0) is 56.2 Å². The number of aromatic nitrogens is 1. The molecule has 1 saturated carbocycles. The lowest BCUT2D eigenvalue weighted by Crippen LogP contribution is -2.32. The van der Waals surface area contributed by atoms with Gasteiger partial charge in [0.15, 0.2) is 0 Å². The van der Waals surface area contributed by atoms with Crippen LogP contribution in [0.15, 0.2) is 60.7 Å². The maximum atomic E-state index is 13.0. The molecule has 0 radical (unpaired) electrons. The standard InChI is InChI=1S/C24H27N3O/c25-15-17-10-12-18(13-11-17)16-26-24(28)21-14-23(19-6-2-1-3-7-19)27-22-9-5-4-8-20(21)22/h1-9,14,17-18H,10-13,15-16,25H2,(H,26,28). The molecule has 28 heavy (non-hydrogen) atoms. The van der Waals surface area contributed by atoms with Gasteiger partial charge in [0.2, 0.25) is 0 Å². The van der Waals surface area contributed by atoms with Crippen LogP contribution in [0.25, 0.3) is 22.2 Å². The summed E-state index contributed by atoms with van der Waals surface area (Å²) in [7, 11) is 0. The molecule has 1 aliphatic carbocycles. The minimum Gasteiger partial charge on any atom is -0.352 e. The summed E-state index contributed by atoms with van der Waals surface area (Å²) in [4.78, 5) is 17.8. The van der Waals surface area contributed by atoms with E-state index in [0.717, 1.165) is 48.1 Å². The van der Waals surface area contributed by atoms with E-state index >= 15 is 0 Å². The van der Waals surface area contributed by atoms with E-state index < -0.39 is 0 Å². The number of pyridine rings is 1. The van der Waals surface area contributed by atoms with Gasteiger partial charge in [-0.15, -0.1) is 0 Å². The van der Waals surface area contributed by atoms with E-state index in [-0.39, 0.29) is 5.91 Å². The molecule has 0 saturated heterocycles. The van der Waals surface area contributed by atoms with Crippen molar-refractivity contribution in [2.24, 2.45) is 17.6 Å². The van der Waals surface area contributed by atoms with Gasteiger partial charge in [-0.3, -0.25) is 4.79 Å². The average molecular weight is 374 g/mol. The van der Waals surface area contributed by atoms with Crippen LogP contribution in [-0.4, -0.2) is 24.0 Å². The highest BCUT2D eigenvalue weighted by Gasteiger charge is 2.21. The fourth-order valence-electron chi connectivity index (χ4n) is 4.12. The molecule has 4 heteroatoms. The minimum atomic E-state index is -0.0169. The fourth-order valence-corrected chi connectivity index (χ4v) is 4.12. The van der Waals surface area contributed by atoms with Gasteiger partial charge in [-0.25, -0.2) is 4.98 Å². The zero-order valence-electron chi connectivity index (χ0n) is 16.1. The van der Waals surface area contributed by atoms with Gasteiger partial charge in [-0.2, -0.15) is 0 Å². The highest BCUT2D eigenvalue weighted by molar-refractivity contribution is 6.07. The van der Waals surface area contributed by atoms with E-state index in [1.165, 1.54) is 12.8 Å². The van der Waals surface area contributed by atoms with Crippen molar-refractivity contribution in [1.82, 2.24) is 10.3 Å². The third kappa shape index (κ3) is 4.07. The monoisotopic (exact) mass is 373 g/mol. The highest BCUT2D eigenvalue weighted by atomic mass is 16.1. The first-order chi connectivity index (χ1) is 13.7. The lowest BCUT2D eigenvalue weighted by atomic mass is 9.82. The Morgan fingerprint density at radius 1 is 0.964 bits per heavy atom. The first-order valence-electron chi connectivity index (χ1n) is 10.2. The Kier molecular flexibility index (Phi) is 5.68. The van der Waals surface area contributed by atoms with Gasteiger partial charge in [0.1, 0.15) is 0 Å². The van der Waals surface area contributed by atoms with E-state index in [1.807, 2.05) is 60.7 Å². The van der Waals surface area contributed by atoms with Gasteiger partial charge >= 0.3 is 0 Å². The van der Waals surface area contributed by atoms with Crippen LogP contribution in [0.1, 0.15) is 36.0 Å². The summed E-state index contributed by atoms with van der Waals surface area (Å²) in [5.74, 6) is 1.19. The van der Waals surface area contributed by atoms with E-state index in [1.54, 1.807) is 0 Å². The minimum absolute atomic E-state index is 0.0169. The van der Waals surface area contributed by atoms with Crippen molar-refractivity contribution in [3.05, 3.63) is 66.2 Å². The molecule has 3 N–H and O–H groups in total. The van der Waals surface area contributed by atoms with E-state index in [0.29, 0.717) is 17.4 Å². The maximum Gasteiger partial charge on any atom is 0.252 e. The Labute approximate surface area is 166 Å². The molecular formula is C24H27N3O. The number of hydrogen-bond donors (Lipinski definition) is 2. The molecule has 1 aliphatic rings. The van der Waals surface area contributed by atoms with Crippen LogP contribution in [0, 0.1) is 11.8 Å². The molecule has 1 amide bonds. The summed E-state index contributed by atoms with van der Waals surface area (Å²) in [5.41, 5.74) is 9.17. The maximum absolute atomic E-state index is 13.0. The average Bonchev–Trinajstić information content (AvgIpc) is 2.77. The quantitative estimate of drug-likeness (QED) is 0.697. The van der Waals surface area contributed by atoms with Crippen molar-refractivity contribution >= 4 is 16.8 Å². The smallest absolute Gasteiger partial charge is 0.252 e. The molecule has 4 rings (SSSR count). The van der Waals surface area contributed by atoms with Crippen LogP contribution in [0.5, 0.6) is 0 Å². The molecule has 144 valence electrons. The second-order valence-electron chi connectivity index (χ2n) is 7.77. The number of carbonyl (C=O) groups is 1. The number of benzene rings is 2. The first-order valence-corrected chi connectivity index (χ1v) is 10.2. The van der Waals surface area contributed by atoms with Crippen molar-refractivity contribution in [2.45, 2.75) is 25.7 Å². The predicted molar refractivity (Wildman–Crippen MR) is 114 cm³/mol. The number of hydrogen-bond acceptors (Lipinski definition) is 3. The summed E-state index contributed by atoms with van der Waals surface area (Å²) >= 11 is 0. The molecule has 4 nitrogen and oxygen atoms in total. The number of para-hydroxylation sites is 1. The Morgan fingerprint density at radius 2 is 1.64 bits per heavy atom. The molecule has 3 aromatic rings. The summed E-state index contributed by atoms with van der Waals surface area (Å²) in [5, 5.41) is 4.07. The van der Waals surface area contributed by atoms with Crippen molar-refractivity contribution in [3.63, 3.8) is 0 Å². The summed E-state index contributed by atoms with van der Waals surface area (Å²) < 4.78 is 0. The van der Waals surface area contributed by atoms with Crippen LogP contribution in [0.3, 0.4) is 0 Å². The molecule has 0 atom stereocenters. The Hall–Kier alpha value is -2.72. The molecule has 2 aromatic carbocycles. The second-order valence-corrected chi connectivity index (χ2v) is 7.77. The molecule has 0 aliphatic heterocycles. The Bertz CT molecular complexity index is 946. The van der Waals surface area contributed by atoms with Crippen LogP contribution in [0.4, 0.5) is 0 Å². The van der Waals surface area contributed by atoms with Crippen LogP contribution in [0.2, 0.25) is 0 Å². The largest absolute Gasteiger partial charge is 0.352 e. The van der Waals surface area contributed by atoms with E-state index in [4.69, 9.17) is 10.7 Å². The molecular weight excluding hydrogens is 346 g/mol. The summed E-state index contributed by atoms with van der Waals surface area (Å²) in [6, 6.07) is 19.8. The van der Waals surface area contributed by atoms with Crippen LogP contribution in [-0.2, 0) is 0 Å². The predicted octanol–water partition coefficient (Wildman–Crippen LogP) is 4.40. The van der Waals surface area contributed by atoms with Crippen molar-refractivity contribution in [3.8, 4) is 11.3 Å². The summed E-state index contributed by atoms with van der Waals surface area (Å²) in [6.07, 6.45) is 4.64. The number of nitrogens with two attached hydrogens (primary N) is 1. The van der Waals surface area contributed by atoms with Crippen molar-refractivity contribution in [2.75, 3.05) is 13.1 Å². The lowest BCUT2D eigenvalue weighted by Gasteiger charge is -2.27. The van der Waals surface area contributed by atoms with E-state index in [9.17, 15) is 4.79 Å². The number of nitrogens with one attached hydrogen (secondary N) is 1. The zero-order chi connectivity index (χ0) is 19.3. The zero-order valence-corrected chi connectivity index (χ0v) is 16.1. The third-order valence-corrected chi connectivity index (χ3v) is 5.88. The van der Waals surface area contributed by atoms with Crippen molar-refractivity contribution < 1.29 is 4.79 Å². The van der Waals surface area contributed by atoms with E-state index in [2.05, 4.69) is 5.32 Å². The van der Waals surface area contributed by atoms with Gasteiger partial charge in [0, 0.05) is 17.5 Å². The second kappa shape index (κ2) is 8.53. The molecule has 0 unspecified atom stereocenters. The summed E-state index contributed by atoms with van der Waals surface area (Å²) in [6.45, 7) is 1.51. The van der Waals surface area contributed by atoms with Crippen LogP contribution >= 0.6 is 0 Å². The third-order valence-electron chi connectivity index (χ3n) is 5.88. The van der Waals surface area contributed by atoms with Crippen molar-refractivity contribution in [1.29, 1.82) is 0 Å². The van der Waals surface area contributed by atoms with Gasteiger partial charge < -0.3 is 11.1 Å². The number of rotatable bonds is 5. The molecule has 1 aromatic heterocycles. The molecule has 1 fully saturated rings. The van der Waals surface area contributed by atoms with Gasteiger partial charge in [0.05, 0.1) is 16.8 Å². The topological polar surface area (TPSA) is 68.0 Å². The first kappa shape index (κ1) is 18.6. The Balaban J connectivity index is 1.56. The normalized spacial score (nSPS) is 19.5. The van der Waals surface area contributed by atoms with Gasteiger partial charge in [0.25, 0.3) is 5.91 Å². The highest BCUT2D eigenvalue weighted by Crippen LogP contribution is 2.28. The molecule has 0 spiro atoms. The van der Waals surface area contributed by atoms with Gasteiger partial charge in [-0.1, -0.05) is 48.5 Å². The van der Waals surface area contributed by atoms with Crippen LogP contribution < -0.4 is 11.1 Å². The fraction of sp³-hybridized carbons (Fsp3) is 0.333. The number of nitrogens with zero attached hydrogens (tertiary/aromatic N) is 1. The number of fused-ring (bicyclic) bond motifs is 1. The Morgan fingerprint density at radius 3 is 2.39 bits per heavy atom. The molecule has 0 bridgehead atoms. The number of carbonyl (C=O) groups excluding carboxylic acids is 1. The lowest BCUT2D eigenvalue weighted by molar-refractivity contribution is 0.0943. The molecule has 1 heterocycles.